The maximum absolute atomic E-state index is 11.6. The van der Waals surface area contributed by atoms with Crippen molar-refractivity contribution in [3.63, 3.8) is 0 Å². The number of aldehydes is 1. The van der Waals surface area contributed by atoms with Gasteiger partial charge in [-0.3, -0.25) is 9.78 Å². The summed E-state index contributed by atoms with van der Waals surface area (Å²) in [6.07, 6.45) is 6.80. The smallest absolute Gasteiger partial charge is 0.153 e. The molecule has 0 amide bonds. The van der Waals surface area contributed by atoms with Gasteiger partial charge in [-0.1, -0.05) is 60.7 Å². The van der Waals surface area contributed by atoms with Crippen LogP contribution in [0, 0.1) is 17.4 Å². The summed E-state index contributed by atoms with van der Waals surface area (Å²) in [6.45, 7) is 4.46. The molecule has 0 spiro atoms. The van der Waals surface area contributed by atoms with Crippen LogP contribution in [0.3, 0.4) is 0 Å². The van der Waals surface area contributed by atoms with Crippen LogP contribution in [0.15, 0.2) is 79.0 Å². The number of hydrogen-bond donors (Lipinski definition) is 0. The molecule has 0 fully saturated rings. The molecule has 4 rings (SSSR count). The van der Waals surface area contributed by atoms with Crippen LogP contribution in [-0.4, -0.2) is 11.3 Å². The second-order valence-electron chi connectivity index (χ2n) is 7.84. The lowest BCUT2D eigenvalue weighted by Crippen LogP contribution is -2.01. The first-order valence-electron chi connectivity index (χ1n) is 10.7. The van der Waals surface area contributed by atoms with Crippen molar-refractivity contribution in [3.05, 3.63) is 116 Å². The second-order valence-corrected chi connectivity index (χ2v) is 9.08. The van der Waals surface area contributed by atoms with Crippen molar-refractivity contribution in [2.45, 2.75) is 20.5 Å². The van der Waals surface area contributed by atoms with E-state index in [2.05, 4.69) is 89.1 Å². The maximum Gasteiger partial charge on any atom is 0.153 e. The molecule has 0 saturated heterocycles. The van der Waals surface area contributed by atoms with Crippen LogP contribution in [0.2, 0.25) is 0 Å². The fourth-order valence-electron chi connectivity index (χ4n) is 3.75. The summed E-state index contributed by atoms with van der Waals surface area (Å²) in [4.78, 5) is 16.0. The van der Waals surface area contributed by atoms with E-state index < -0.39 is 0 Å². The van der Waals surface area contributed by atoms with Crippen molar-refractivity contribution < 1.29 is 9.53 Å². The number of aryl methyl sites for hydroxylation is 1. The summed E-state index contributed by atoms with van der Waals surface area (Å²) in [7, 11) is 0. The molecule has 4 aromatic rings. The highest BCUT2D eigenvalue weighted by Gasteiger charge is 2.09. The van der Waals surface area contributed by atoms with Crippen molar-refractivity contribution in [2.75, 3.05) is 0 Å². The molecule has 4 heteroatoms. The third-order valence-corrected chi connectivity index (χ3v) is 6.25. The quantitative estimate of drug-likeness (QED) is 0.137. The van der Waals surface area contributed by atoms with E-state index in [1.165, 1.54) is 16.7 Å². The van der Waals surface area contributed by atoms with Crippen molar-refractivity contribution in [1.82, 2.24) is 4.98 Å². The Bertz CT molecular complexity index is 1310. The molecule has 0 N–H and O–H groups in total. The van der Waals surface area contributed by atoms with Crippen LogP contribution >= 0.6 is 22.6 Å². The van der Waals surface area contributed by atoms with E-state index in [4.69, 9.17) is 4.74 Å². The standard InChI is InChI=1S/C29H24INO2/c1-20-15-25(18-32)29(33-19-27-17-26(30)13-14-31-27)16-24(20)12-11-22-9-6-10-28(21(22)2)23-7-4-3-5-8-23/h3-18H,19H2,1-2H3/b12-11+. The Balaban J connectivity index is 1.62. The molecule has 0 aliphatic heterocycles. The Kier molecular flexibility index (Phi) is 7.35. The number of carbonyl (C=O) groups excluding carboxylic acids is 1. The molecular weight excluding hydrogens is 521 g/mol. The van der Waals surface area contributed by atoms with E-state index in [1.807, 2.05) is 37.3 Å². The number of carbonyl (C=O) groups is 1. The molecule has 1 heterocycles. The average molecular weight is 545 g/mol. The van der Waals surface area contributed by atoms with Gasteiger partial charge in [0, 0.05) is 9.77 Å². The van der Waals surface area contributed by atoms with E-state index in [-0.39, 0.29) is 0 Å². The largest absolute Gasteiger partial charge is 0.487 e. The normalized spacial score (nSPS) is 11.0. The van der Waals surface area contributed by atoms with E-state index in [9.17, 15) is 4.79 Å². The Labute approximate surface area is 208 Å². The number of pyridine rings is 1. The molecule has 33 heavy (non-hydrogen) atoms. The zero-order valence-electron chi connectivity index (χ0n) is 18.6. The third-order valence-electron chi connectivity index (χ3n) is 5.58. The first kappa shape index (κ1) is 22.9. The molecule has 3 nitrogen and oxygen atoms in total. The van der Waals surface area contributed by atoms with E-state index >= 15 is 0 Å². The lowest BCUT2D eigenvalue weighted by Gasteiger charge is -2.12. The van der Waals surface area contributed by atoms with Gasteiger partial charge in [-0.05, 0) is 94.1 Å². The highest BCUT2D eigenvalue weighted by atomic mass is 127. The first-order chi connectivity index (χ1) is 16.0. The molecule has 0 aliphatic rings. The summed E-state index contributed by atoms with van der Waals surface area (Å²) >= 11 is 2.25. The van der Waals surface area contributed by atoms with E-state index in [0.717, 1.165) is 32.2 Å². The zero-order valence-corrected chi connectivity index (χ0v) is 20.7. The fraction of sp³-hybridized carbons (Fsp3) is 0.103. The predicted octanol–water partition coefficient (Wildman–Crippen LogP) is 7.53. The van der Waals surface area contributed by atoms with Crippen LogP contribution in [-0.2, 0) is 6.61 Å². The molecule has 0 aliphatic carbocycles. The minimum atomic E-state index is 0.308. The van der Waals surface area contributed by atoms with Gasteiger partial charge in [0.25, 0.3) is 0 Å². The number of benzene rings is 3. The van der Waals surface area contributed by atoms with Crippen molar-refractivity contribution >= 4 is 41.0 Å². The lowest BCUT2D eigenvalue weighted by atomic mass is 9.95. The number of aromatic nitrogens is 1. The van der Waals surface area contributed by atoms with Crippen LogP contribution in [0.25, 0.3) is 23.3 Å². The van der Waals surface area contributed by atoms with Crippen molar-refractivity contribution in [1.29, 1.82) is 0 Å². The van der Waals surface area contributed by atoms with Gasteiger partial charge in [0.1, 0.15) is 12.4 Å². The van der Waals surface area contributed by atoms with Crippen LogP contribution in [0.4, 0.5) is 0 Å². The maximum atomic E-state index is 11.6. The zero-order chi connectivity index (χ0) is 23.2. The summed E-state index contributed by atoms with van der Waals surface area (Å²) in [6, 6.07) is 24.5. The van der Waals surface area contributed by atoms with Gasteiger partial charge in [-0.15, -0.1) is 0 Å². The number of nitrogens with zero attached hydrogens (tertiary/aromatic N) is 1. The monoisotopic (exact) mass is 545 g/mol. The van der Waals surface area contributed by atoms with Crippen LogP contribution in [0.5, 0.6) is 5.75 Å². The number of halogens is 1. The Morgan fingerprint density at radius 2 is 1.67 bits per heavy atom. The second kappa shape index (κ2) is 10.6. The molecule has 0 radical (unpaired) electrons. The minimum Gasteiger partial charge on any atom is -0.487 e. The SMILES string of the molecule is Cc1cc(C=O)c(OCc2cc(I)ccn2)cc1/C=C/c1cccc(-c2ccccc2)c1C. The van der Waals surface area contributed by atoms with E-state index in [1.54, 1.807) is 6.20 Å². The van der Waals surface area contributed by atoms with Gasteiger partial charge in [0.15, 0.2) is 6.29 Å². The predicted molar refractivity (Wildman–Crippen MR) is 143 cm³/mol. The summed E-state index contributed by atoms with van der Waals surface area (Å²) in [5, 5.41) is 0. The van der Waals surface area contributed by atoms with E-state index in [0.29, 0.717) is 17.9 Å². The Morgan fingerprint density at radius 3 is 2.42 bits per heavy atom. The molecule has 0 bridgehead atoms. The van der Waals surface area contributed by atoms with Crippen LogP contribution in [0.1, 0.15) is 38.3 Å². The molecule has 0 atom stereocenters. The van der Waals surface area contributed by atoms with Crippen LogP contribution < -0.4 is 4.74 Å². The molecular formula is C29H24INO2. The van der Waals surface area contributed by atoms with Gasteiger partial charge in [0.05, 0.1) is 11.3 Å². The van der Waals surface area contributed by atoms with Gasteiger partial charge in [0.2, 0.25) is 0 Å². The lowest BCUT2D eigenvalue weighted by molar-refractivity contribution is 0.111. The molecule has 0 unspecified atom stereocenters. The molecule has 164 valence electrons. The van der Waals surface area contributed by atoms with Crippen molar-refractivity contribution in [2.24, 2.45) is 0 Å². The third kappa shape index (κ3) is 5.57. The fourth-order valence-corrected chi connectivity index (χ4v) is 4.27. The molecule has 1 aromatic heterocycles. The summed E-state index contributed by atoms with van der Waals surface area (Å²) < 4.78 is 7.08. The van der Waals surface area contributed by atoms with Gasteiger partial charge < -0.3 is 4.74 Å². The Hall–Kier alpha value is -3.25. The number of rotatable bonds is 7. The molecule has 3 aromatic carbocycles. The van der Waals surface area contributed by atoms with Gasteiger partial charge in [-0.2, -0.15) is 0 Å². The summed E-state index contributed by atoms with van der Waals surface area (Å²) in [5.41, 5.74) is 8.20. The van der Waals surface area contributed by atoms with Crippen molar-refractivity contribution in [3.8, 4) is 16.9 Å². The minimum absolute atomic E-state index is 0.308. The first-order valence-corrected chi connectivity index (χ1v) is 11.8. The number of ether oxygens (including phenoxy) is 1. The molecule has 0 saturated carbocycles. The Morgan fingerprint density at radius 1 is 0.879 bits per heavy atom. The summed E-state index contributed by atoms with van der Waals surface area (Å²) in [5.74, 6) is 0.561. The highest BCUT2D eigenvalue weighted by Crippen LogP contribution is 2.28. The van der Waals surface area contributed by atoms with Gasteiger partial charge >= 0.3 is 0 Å². The topological polar surface area (TPSA) is 39.2 Å². The highest BCUT2D eigenvalue weighted by molar-refractivity contribution is 14.1. The van der Waals surface area contributed by atoms with Gasteiger partial charge in [-0.25, -0.2) is 0 Å². The number of hydrogen-bond acceptors (Lipinski definition) is 3. The average Bonchev–Trinajstić information content (AvgIpc) is 2.83.